The van der Waals surface area contributed by atoms with Gasteiger partial charge in [-0.25, -0.2) is 9.78 Å². The number of thioether (sulfide) groups is 1. The fourth-order valence-corrected chi connectivity index (χ4v) is 3.93. The number of para-hydroxylation sites is 2. The average molecular weight is 393 g/mol. The largest absolute Gasteiger partial charge is 0.478 e. The number of carbonyl (C=O) groups excluding carboxylic acids is 1. The third-order valence-electron chi connectivity index (χ3n) is 3.89. The second-order valence-electron chi connectivity index (χ2n) is 5.66. The summed E-state index contributed by atoms with van der Waals surface area (Å²) < 4.78 is 0.336. The molecule has 1 aromatic heterocycles. The molecular weight excluding hydrogens is 382 g/mol. The molecule has 1 N–H and O–H groups in total. The molecule has 8 heteroatoms. The number of aromatic carboxylic acids is 1. The lowest BCUT2D eigenvalue weighted by Crippen LogP contribution is -2.27. The standard InChI is InChI=1S/C19H11N3O3S2/c23-17-16(9-12-10-20-14-6-1-2-7-15(14)21-12)27-19(26)22(17)13-5-3-4-11(8-13)18(24)25/h1-10H,(H,24,25)/b16-9+. The van der Waals surface area contributed by atoms with Crippen LogP contribution in [0.2, 0.25) is 0 Å². The fourth-order valence-electron chi connectivity index (χ4n) is 2.64. The smallest absolute Gasteiger partial charge is 0.335 e. The Labute approximate surface area is 163 Å². The maximum absolute atomic E-state index is 12.8. The molecule has 132 valence electrons. The van der Waals surface area contributed by atoms with Gasteiger partial charge in [0, 0.05) is 0 Å². The lowest BCUT2D eigenvalue weighted by Gasteiger charge is -2.14. The molecule has 0 bridgehead atoms. The van der Waals surface area contributed by atoms with Crippen LogP contribution in [0.5, 0.6) is 0 Å². The molecule has 1 fully saturated rings. The Morgan fingerprint density at radius 2 is 1.93 bits per heavy atom. The van der Waals surface area contributed by atoms with Gasteiger partial charge in [0.05, 0.1) is 39.1 Å². The van der Waals surface area contributed by atoms with Crippen molar-refractivity contribution in [3.8, 4) is 0 Å². The van der Waals surface area contributed by atoms with Gasteiger partial charge in [-0.3, -0.25) is 14.7 Å². The molecule has 0 spiro atoms. The van der Waals surface area contributed by atoms with Gasteiger partial charge in [-0.05, 0) is 36.4 Å². The minimum Gasteiger partial charge on any atom is -0.478 e. The average Bonchev–Trinajstić information content (AvgIpc) is 2.95. The van der Waals surface area contributed by atoms with Crippen molar-refractivity contribution < 1.29 is 14.7 Å². The summed E-state index contributed by atoms with van der Waals surface area (Å²) in [7, 11) is 0. The zero-order chi connectivity index (χ0) is 19.0. The lowest BCUT2D eigenvalue weighted by molar-refractivity contribution is -0.113. The molecule has 2 aromatic carbocycles. The molecule has 4 rings (SSSR count). The van der Waals surface area contributed by atoms with Gasteiger partial charge in [0.2, 0.25) is 0 Å². The minimum absolute atomic E-state index is 0.0888. The summed E-state index contributed by atoms with van der Waals surface area (Å²) >= 11 is 6.47. The summed E-state index contributed by atoms with van der Waals surface area (Å²) in [5.74, 6) is -1.38. The SMILES string of the molecule is O=C(O)c1cccc(N2C(=O)/C(=C\c3cnc4ccccc4n3)SC2=S)c1. The lowest BCUT2D eigenvalue weighted by atomic mass is 10.2. The highest BCUT2D eigenvalue weighted by atomic mass is 32.2. The van der Waals surface area contributed by atoms with Gasteiger partial charge in [-0.15, -0.1) is 0 Å². The summed E-state index contributed by atoms with van der Waals surface area (Å²) in [5, 5.41) is 9.15. The molecule has 0 unspecified atom stereocenters. The number of aromatic nitrogens is 2. The van der Waals surface area contributed by atoms with Crippen molar-refractivity contribution in [1.29, 1.82) is 0 Å². The molecule has 1 aliphatic heterocycles. The first-order valence-electron chi connectivity index (χ1n) is 7.86. The Morgan fingerprint density at radius 3 is 2.70 bits per heavy atom. The van der Waals surface area contributed by atoms with Gasteiger partial charge in [0.15, 0.2) is 4.32 Å². The molecular formula is C19H11N3O3S2. The normalized spacial score (nSPS) is 15.7. The number of rotatable bonds is 3. The first-order valence-corrected chi connectivity index (χ1v) is 9.08. The Balaban J connectivity index is 1.68. The van der Waals surface area contributed by atoms with Crippen molar-refractivity contribution in [2.45, 2.75) is 0 Å². The molecule has 3 aromatic rings. The van der Waals surface area contributed by atoms with E-state index in [9.17, 15) is 9.59 Å². The Morgan fingerprint density at radius 1 is 1.15 bits per heavy atom. The van der Waals surface area contributed by atoms with Gasteiger partial charge in [-0.2, -0.15) is 0 Å². The summed E-state index contributed by atoms with van der Waals surface area (Å²) in [4.78, 5) is 34.6. The Hall–Kier alpha value is -3.10. The molecule has 0 aliphatic carbocycles. The number of amides is 1. The molecule has 0 atom stereocenters. The van der Waals surface area contributed by atoms with Gasteiger partial charge in [0.1, 0.15) is 0 Å². The topological polar surface area (TPSA) is 83.4 Å². The van der Waals surface area contributed by atoms with Crippen molar-refractivity contribution >= 4 is 63.0 Å². The zero-order valence-electron chi connectivity index (χ0n) is 13.7. The molecule has 6 nitrogen and oxygen atoms in total. The number of carboxylic acids is 1. The van der Waals surface area contributed by atoms with E-state index >= 15 is 0 Å². The van der Waals surface area contributed by atoms with E-state index in [0.29, 0.717) is 20.6 Å². The quantitative estimate of drug-likeness (QED) is 0.536. The molecule has 0 radical (unpaired) electrons. The van der Waals surface area contributed by atoms with Crippen LogP contribution in [0.15, 0.2) is 59.6 Å². The second kappa shape index (κ2) is 6.90. The van der Waals surface area contributed by atoms with Crippen LogP contribution in [-0.2, 0) is 4.79 Å². The van der Waals surface area contributed by atoms with E-state index in [1.807, 2.05) is 24.3 Å². The van der Waals surface area contributed by atoms with Gasteiger partial charge < -0.3 is 5.11 Å². The molecule has 2 heterocycles. The fraction of sp³-hybridized carbons (Fsp3) is 0. The highest BCUT2D eigenvalue weighted by Crippen LogP contribution is 2.36. The summed E-state index contributed by atoms with van der Waals surface area (Å²) in [6, 6.07) is 13.6. The van der Waals surface area contributed by atoms with E-state index in [1.165, 1.54) is 17.0 Å². The number of hydrogen-bond donors (Lipinski definition) is 1. The maximum Gasteiger partial charge on any atom is 0.335 e. The third kappa shape index (κ3) is 3.32. The van der Waals surface area contributed by atoms with E-state index in [2.05, 4.69) is 9.97 Å². The van der Waals surface area contributed by atoms with Crippen LogP contribution >= 0.6 is 24.0 Å². The van der Waals surface area contributed by atoms with Crippen molar-refractivity contribution in [3.05, 3.63) is 70.9 Å². The van der Waals surface area contributed by atoms with E-state index in [4.69, 9.17) is 17.3 Å². The zero-order valence-corrected chi connectivity index (χ0v) is 15.3. The number of thiocarbonyl (C=S) groups is 1. The van der Waals surface area contributed by atoms with Crippen molar-refractivity contribution in [1.82, 2.24) is 9.97 Å². The number of carboxylic acid groups (broad SMARTS) is 1. The predicted octanol–water partition coefficient (Wildman–Crippen LogP) is 3.73. The number of carbonyl (C=O) groups is 2. The molecule has 1 aliphatic rings. The predicted molar refractivity (Wildman–Crippen MR) is 109 cm³/mol. The molecule has 1 saturated heterocycles. The van der Waals surface area contributed by atoms with Crippen LogP contribution in [0.4, 0.5) is 5.69 Å². The number of benzene rings is 2. The van der Waals surface area contributed by atoms with Gasteiger partial charge in [-0.1, -0.05) is 42.2 Å². The number of hydrogen-bond acceptors (Lipinski definition) is 6. The third-order valence-corrected chi connectivity index (χ3v) is 5.19. The van der Waals surface area contributed by atoms with Crippen molar-refractivity contribution in [2.75, 3.05) is 4.90 Å². The second-order valence-corrected chi connectivity index (χ2v) is 7.33. The van der Waals surface area contributed by atoms with Crippen molar-refractivity contribution in [3.63, 3.8) is 0 Å². The highest BCUT2D eigenvalue weighted by Gasteiger charge is 2.33. The van der Waals surface area contributed by atoms with E-state index in [-0.39, 0.29) is 11.5 Å². The monoisotopic (exact) mass is 393 g/mol. The molecule has 27 heavy (non-hydrogen) atoms. The van der Waals surface area contributed by atoms with Crippen molar-refractivity contribution in [2.24, 2.45) is 0 Å². The van der Waals surface area contributed by atoms with Crippen LogP contribution in [0.3, 0.4) is 0 Å². The summed E-state index contributed by atoms with van der Waals surface area (Å²) in [6.45, 7) is 0. The summed E-state index contributed by atoms with van der Waals surface area (Å²) in [5.41, 5.74) is 2.56. The van der Waals surface area contributed by atoms with Crippen LogP contribution < -0.4 is 4.90 Å². The van der Waals surface area contributed by atoms with Crippen LogP contribution in [0.25, 0.3) is 17.1 Å². The maximum atomic E-state index is 12.8. The molecule has 1 amide bonds. The summed E-state index contributed by atoms with van der Waals surface area (Å²) in [6.07, 6.45) is 3.24. The van der Waals surface area contributed by atoms with Crippen LogP contribution in [-0.4, -0.2) is 31.3 Å². The highest BCUT2D eigenvalue weighted by molar-refractivity contribution is 8.27. The van der Waals surface area contributed by atoms with E-state index < -0.39 is 5.97 Å². The van der Waals surface area contributed by atoms with Crippen LogP contribution in [0, 0.1) is 0 Å². The Kier molecular flexibility index (Phi) is 4.43. The number of fused-ring (bicyclic) bond motifs is 1. The van der Waals surface area contributed by atoms with Crippen LogP contribution in [0.1, 0.15) is 16.1 Å². The minimum atomic E-state index is -1.07. The van der Waals surface area contributed by atoms with E-state index in [1.54, 1.807) is 24.4 Å². The van der Waals surface area contributed by atoms with Gasteiger partial charge in [0.25, 0.3) is 5.91 Å². The van der Waals surface area contributed by atoms with Gasteiger partial charge >= 0.3 is 5.97 Å². The molecule has 0 saturated carbocycles. The van der Waals surface area contributed by atoms with E-state index in [0.717, 1.165) is 22.8 Å². The number of nitrogens with zero attached hydrogens (tertiary/aromatic N) is 3. The first-order chi connectivity index (χ1) is 13.0. The number of anilines is 1. The first kappa shape index (κ1) is 17.3. The Bertz CT molecular complexity index is 1140.